The Morgan fingerprint density at radius 2 is 1.72 bits per heavy atom. The van der Waals surface area contributed by atoms with Gasteiger partial charge in [-0.1, -0.05) is 24.3 Å². The quantitative estimate of drug-likeness (QED) is 0.804. The van der Waals surface area contributed by atoms with Gasteiger partial charge in [0.25, 0.3) is 0 Å². The minimum absolute atomic E-state index is 0.249. The van der Waals surface area contributed by atoms with Crippen LogP contribution in [0.15, 0.2) is 59.7 Å². The van der Waals surface area contributed by atoms with Crippen molar-refractivity contribution in [3.63, 3.8) is 0 Å². The van der Waals surface area contributed by atoms with Gasteiger partial charge >= 0.3 is 0 Å². The average Bonchev–Trinajstić information content (AvgIpc) is 2.89. The maximum absolute atomic E-state index is 13.1. The monoisotopic (exact) mass is 241 g/mol. The lowest BCUT2D eigenvalue weighted by Crippen LogP contribution is -2.26. The van der Waals surface area contributed by atoms with Crippen molar-refractivity contribution in [2.45, 2.75) is 0 Å². The van der Waals surface area contributed by atoms with Crippen LogP contribution in [0.2, 0.25) is 0 Å². The fourth-order valence-corrected chi connectivity index (χ4v) is 1.89. The van der Waals surface area contributed by atoms with E-state index in [1.54, 1.807) is 17.4 Å². The number of nitrogens with zero attached hydrogens (tertiary/aromatic N) is 3. The van der Waals surface area contributed by atoms with Crippen LogP contribution in [-0.4, -0.2) is 13.0 Å². The van der Waals surface area contributed by atoms with Gasteiger partial charge in [-0.25, -0.2) is 9.40 Å². The van der Waals surface area contributed by atoms with E-state index in [1.165, 1.54) is 12.1 Å². The molecule has 2 aromatic rings. The molecule has 3 nitrogen and oxygen atoms in total. The zero-order chi connectivity index (χ0) is 12.4. The Morgan fingerprint density at radius 3 is 2.50 bits per heavy atom. The number of hydrogen-bond donors (Lipinski definition) is 0. The summed E-state index contributed by atoms with van der Waals surface area (Å²) in [5, 5.41) is 6.03. The fourth-order valence-electron chi connectivity index (χ4n) is 1.89. The van der Waals surface area contributed by atoms with E-state index in [-0.39, 0.29) is 5.82 Å². The highest BCUT2D eigenvalue weighted by Crippen LogP contribution is 2.22. The number of hydrazone groups is 1. The van der Waals surface area contributed by atoms with E-state index in [0.29, 0.717) is 6.67 Å². The molecule has 1 heterocycles. The zero-order valence-electron chi connectivity index (χ0n) is 9.70. The third-order valence-electron chi connectivity index (χ3n) is 2.81. The van der Waals surface area contributed by atoms with Crippen LogP contribution in [-0.2, 0) is 0 Å². The second kappa shape index (κ2) is 4.49. The number of para-hydroxylation sites is 1. The highest BCUT2D eigenvalue weighted by atomic mass is 19.1. The molecule has 0 amide bonds. The van der Waals surface area contributed by atoms with E-state index in [1.807, 2.05) is 41.3 Å². The molecule has 4 heteroatoms. The number of halogens is 1. The van der Waals surface area contributed by atoms with Crippen molar-refractivity contribution in [1.29, 1.82) is 0 Å². The van der Waals surface area contributed by atoms with E-state index in [2.05, 4.69) is 5.10 Å². The normalized spacial score (nSPS) is 14.3. The van der Waals surface area contributed by atoms with E-state index in [9.17, 15) is 4.39 Å². The molecular weight excluding hydrogens is 229 g/mol. The average molecular weight is 241 g/mol. The van der Waals surface area contributed by atoms with Gasteiger partial charge in [-0.3, -0.25) is 0 Å². The standard InChI is InChI=1S/C14H12FN3/c15-12-5-4-8-14(9-12)18-11-17(10-16-18)13-6-2-1-3-7-13/h1-10H,11H2. The lowest BCUT2D eigenvalue weighted by atomic mass is 10.3. The summed E-state index contributed by atoms with van der Waals surface area (Å²) in [5.74, 6) is -0.249. The van der Waals surface area contributed by atoms with Gasteiger partial charge in [0.1, 0.15) is 18.8 Å². The van der Waals surface area contributed by atoms with E-state index in [0.717, 1.165) is 11.4 Å². The Hall–Kier alpha value is -2.36. The Morgan fingerprint density at radius 1 is 0.944 bits per heavy atom. The Labute approximate surface area is 105 Å². The highest BCUT2D eigenvalue weighted by molar-refractivity contribution is 5.83. The molecule has 18 heavy (non-hydrogen) atoms. The predicted molar refractivity (Wildman–Crippen MR) is 71.2 cm³/mol. The van der Waals surface area contributed by atoms with Crippen LogP contribution in [0.1, 0.15) is 0 Å². The van der Waals surface area contributed by atoms with Crippen LogP contribution in [0.5, 0.6) is 0 Å². The fraction of sp³-hybridized carbons (Fsp3) is 0.0714. The highest BCUT2D eigenvalue weighted by Gasteiger charge is 2.16. The minimum Gasteiger partial charge on any atom is -0.311 e. The third kappa shape index (κ3) is 2.05. The first-order valence-electron chi connectivity index (χ1n) is 5.72. The van der Waals surface area contributed by atoms with Gasteiger partial charge < -0.3 is 4.90 Å². The summed E-state index contributed by atoms with van der Waals surface area (Å²) in [6.07, 6.45) is 1.75. The third-order valence-corrected chi connectivity index (χ3v) is 2.81. The van der Waals surface area contributed by atoms with Gasteiger partial charge in [0, 0.05) is 5.69 Å². The van der Waals surface area contributed by atoms with Crippen LogP contribution < -0.4 is 9.91 Å². The molecule has 0 unspecified atom stereocenters. The van der Waals surface area contributed by atoms with Crippen molar-refractivity contribution in [2.75, 3.05) is 16.6 Å². The topological polar surface area (TPSA) is 18.8 Å². The first-order chi connectivity index (χ1) is 8.83. The number of anilines is 2. The maximum Gasteiger partial charge on any atom is 0.125 e. The second-order valence-corrected chi connectivity index (χ2v) is 4.06. The molecule has 0 saturated carbocycles. The van der Waals surface area contributed by atoms with E-state index >= 15 is 0 Å². The van der Waals surface area contributed by atoms with Crippen LogP contribution in [0, 0.1) is 5.82 Å². The van der Waals surface area contributed by atoms with Gasteiger partial charge in [0.05, 0.1) is 5.69 Å². The van der Waals surface area contributed by atoms with Crippen LogP contribution in [0.3, 0.4) is 0 Å². The van der Waals surface area contributed by atoms with E-state index in [4.69, 9.17) is 0 Å². The lowest BCUT2D eigenvalue weighted by molar-refractivity contribution is 0.627. The molecule has 0 bridgehead atoms. The van der Waals surface area contributed by atoms with Gasteiger partial charge in [-0.2, -0.15) is 5.10 Å². The van der Waals surface area contributed by atoms with Crippen molar-refractivity contribution in [1.82, 2.24) is 0 Å². The SMILES string of the molecule is Fc1cccc(N2CN(c3ccccc3)C=N2)c1. The molecule has 0 radical (unpaired) electrons. The summed E-state index contributed by atoms with van der Waals surface area (Å²) in [4.78, 5) is 2.00. The number of benzene rings is 2. The van der Waals surface area contributed by atoms with Crippen LogP contribution in [0.25, 0.3) is 0 Å². The summed E-state index contributed by atoms with van der Waals surface area (Å²) < 4.78 is 13.1. The first kappa shape index (κ1) is 10.8. The van der Waals surface area contributed by atoms with E-state index < -0.39 is 0 Å². The maximum atomic E-state index is 13.1. The van der Waals surface area contributed by atoms with Crippen LogP contribution >= 0.6 is 0 Å². The zero-order valence-corrected chi connectivity index (χ0v) is 9.70. The largest absolute Gasteiger partial charge is 0.311 e. The molecule has 0 atom stereocenters. The summed E-state index contributed by atoms with van der Waals surface area (Å²) >= 11 is 0. The van der Waals surface area contributed by atoms with Crippen LogP contribution in [0.4, 0.5) is 15.8 Å². The smallest absolute Gasteiger partial charge is 0.125 e. The summed E-state index contributed by atoms with van der Waals surface area (Å²) in [7, 11) is 0. The molecule has 3 rings (SSSR count). The molecule has 0 N–H and O–H groups in total. The molecule has 2 aromatic carbocycles. The Balaban J connectivity index is 1.79. The lowest BCUT2D eigenvalue weighted by Gasteiger charge is -2.18. The second-order valence-electron chi connectivity index (χ2n) is 4.06. The molecule has 0 fully saturated rings. The van der Waals surface area contributed by atoms with Crippen molar-refractivity contribution in [2.24, 2.45) is 5.10 Å². The molecule has 90 valence electrons. The van der Waals surface area contributed by atoms with Gasteiger partial charge in [-0.15, -0.1) is 0 Å². The van der Waals surface area contributed by atoms with Crippen molar-refractivity contribution < 1.29 is 4.39 Å². The number of rotatable bonds is 2. The van der Waals surface area contributed by atoms with Gasteiger partial charge in [0.15, 0.2) is 0 Å². The Kier molecular flexibility index (Phi) is 2.68. The van der Waals surface area contributed by atoms with Crippen molar-refractivity contribution >= 4 is 17.7 Å². The number of hydrogen-bond acceptors (Lipinski definition) is 3. The minimum atomic E-state index is -0.249. The molecule has 0 aromatic heterocycles. The molecular formula is C14H12FN3. The summed E-state index contributed by atoms with van der Waals surface area (Å²) in [6, 6.07) is 16.4. The van der Waals surface area contributed by atoms with Crippen molar-refractivity contribution in [3.05, 3.63) is 60.4 Å². The molecule has 1 aliphatic rings. The van der Waals surface area contributed by atoms with Gasteiger partial charge in [-0.05, 0) is 30.3 Å². The molecule has 1 aliphatic heterocycles. The molecule has 0 saturated heterocycles. The first-order valence-corrected chi connectivity index (χ1v) is 5.72. The molecule has 0 spiro atoms. The Bertz CT molecular complexity index is 568. The summed E-state index contributed by atoms with van der Waals surface area (Å²) in [6.45, 7) is 0.591. The van der Waals surface area contributed by atoms with Gasteiger partial charge in [0.2, 0.25) is 0 Å². The summed E-state index contributed by atoms with van der Waals surface area (Å²) in [5.41, 5.74) is 1.82. The predicted octanol–water partition coefficient (Wildman–Crippen LogP) is 3.05. The van der Waals surface area contributed by atoms with Crippen molar-refractivity contribution in [3.8, 4) is 0 Å². The molecule has 0 aliphatic carbocycles.